The molecule has 1 aromatic heterocycles. The van der Waals surface area contributed by atoms with Gasteiger partial charge in [-0.3, -0.25) is 9.89 Å². The highest BCUT2D eigenvalue weighted by Crippen LogP contribution is 2.28. The second-order valence-corrected chi connectivity index (χ2v) is 9.51. The van der Waals surface area contributed by atoms with Crippen molar-refractivity contribution in [1.82, 2.24) is 15.5 Å². The quantitative estimate of drug-likeness (QED) is 0.288. The zero-order chi connectivity index (χ0) is 24.2. The van der Waals surface area contributed by atoms with E-state index in [1.807, 2.05) is 93.6 Å². The lowest BCUT2D eigenvalue weighted by Crippen LogP contribution is -2.38. The van der Waals surface area contributed by atoms with Crippen LogP contribution in [0.1, 0.15) is 45.7 Å². The summed E-state index contributed by atoms with van der Waals surface area (Å²) < 4.78 is 0. The van der Waals surface area contributed by atoms with E-state index in [1.165, 1.54) is 0 Å². The molecule has 2 N–H and O–H groups in total. The third-order valence-electron chi connectivity index (χ3n) is 6.17. The molecule has 174 valence electrons. The van der Waals surface area contributed by atoms with Crippen LogP contribution in [0.25, 0.3) is 11.1 Å². The Hall–Kier alpha value is -3.08. The molecule has 3 aromatic carbocycles. The summed E-state index contributed by atoms with van der Waals surface area (Å²) in [6.07, 6.45) is 0.758. The molecule has 0 aliphatic heterocycles. The molecule has 0 aliphatic carbocycles. The summed E-state index contributed by atoms with van der Waals surface area (Å²) in [6, 6.07) is 23.2. The molecule has 0 fully saturated rings. The smallest absolute Gasteiger partial charge is 0.251 e. The summed E-state index contributed by atoms with van der Waals surface area (Å²) in [5, 5.41) is 11.9. The third-order valence-corrected chi connectivity index (χ3v) is 6.67. The first kappa shape index (κ1) is 24.1. The van der Waals surface area contributed by atoms with E-state index >= 15 is 0 Å². The topological polar surface area (TPSA) is 57.8 Å². The second-order valence-electron chi connectivity index (χ2n) is 8.64. The standard InChI is InChI=1S/C28H27Cl2N3O/c1-17(26(21-9-13-25(30)14-10-21)15-20-7-11-24(29)12-8-20)31-28(34)23-6-4-5-22(16-23)27-18(2)32-33-19(27)3/h4-14,16-17,26H,15H2,1-3H3,(H,31,34)(H,32,33). The molecule has 0 spiro atoms. The van der Waals surface area contributed by atoms with Crippen molar-refractivity contribution in [2.75, 3.05) is 0 Å². The van der Waals surface area contributed by atoms with Crippen molar-refractivity contribution >= 4 is 29.1 Å². The maximum absolute atomic E-state index is 13.3. The number of rotatable bonds is 7. The molecular formula is C28H27Cl2N3O. The maximum atomic E-state index is 13.3. The second kappa shape index (κ2) is 10.5. The molecule has 4 rings (SSSR count). The molecule has 2 unspecified atom stereocenters. The molecule has 34 heavy (non-hydrogen) atoms. The van der Waals surface area contributed by atoms with Gasteiger partial charge >= 0.3 is 0 Å². The molecule has 0 radical (unpaired) electrons. The van der Waals surface area contributed by atoms with Crippen LogP contribution in [0, 0.1) is 13.8 Å². The molecule has 0 saturated carbocycles. The van der Waals surface area contributed by atoms with Crippen molar-refractivity contribution in [1.29, 1.82) is 0 Å². The highest BCUT2D eigenvalue weighted by molar-refractivity contribution is 6.30. The van der Waals surface area contributed by atoms with Crippen LogP contribution < -0.4 is 5.32 Å². The van der Waals surface area contributed by atoms with Crippen LogP contribution in [-0.2, 0) is 6.42 Å². The number of nitrogens with zero attached hydrogens (tertiary/aromatic N) is 1. The normalized spacial score (nSPS) is 12.9. The Bertz CT molecular complexity index is 1260. The van der Waals surface area contributed by atoms with Crippen LogP contribution in [-0.4, -0.2) is 22.1 Å². The maximum Gasteiger partial charge on any atom is 0.251 e. The molecule has 2 atom stereocenters. The Labute approximate surface area is 210 Å². The van der Waals surface area contributed by atoms with E-state index in [2.05, 4.69) is 15.5 Å². The number of H-pyrrole nitrogens is 1. The van der Waals surface area contributed by atoms with Crippen LogP contribution in [0.5, 0.6) is 0 Å². The lowest BCUT2D eigenvalue weighted by Gasteiger charge is -2.26. The van der Waals surface area contributed by atoms with E-state index in [0.717, 1.165) is 40.1 Å². The van der Waals surface area contributed by atoms with Gasteiger partial charge in [0.2, 0.25) is 0 Å². The van der Waals surface area contributed by atoms with Gasteiger partial charge in [0.1, 0.15) is 0 Å². The van der Waals surface area contributed by atoms with Gasteiger partial charge in [0.25, 0.3) is 5.91 Å². The molecule has 4 aromatic rings. The summed E-state index contributed by atoms with van der Waals surface area (Å²) in [5.41, 5.74) is 6.78. The van der Waals surface area contributed by atoms with Gasteiger partial charge in [-0.25, -0.2) is 0 Å². The first-order valence-corrected chi connectivity index (χ1v) is 12.0. The molecule has 1 amide bonds. The fourth-order valence-electron chi connectivity index (χ4n) is 4.35. The van der Waals surface area contributed by atoms with Gasteiger partial charge in [-0.1, -0.05) is 59.6 Å². The van der Waals surface area contributed by atoms with Crippen molar-refractivity contribution in [2.24, 2.45) is 0 Å². The molecule has 0 bridgehead atoms. The Balaban J connectivity index is 1.58. The number of benzene rings is 3. The Kier molecular flexibility index (Phi) is 7.40. The van der Waals surface area contributed by atoms with Gasteiger partial charge < -0.3 is 5.32 Å². The minimum absolute atomic E-state index is 0.0592. The number of hydrogen-bond acceptors (Lipinski definition) is 2. The Morgan fingerprint density at radius 2 is 1.62 bits per heavy atom. The van der Waals surface area contributed by atoms with Gasteiger partial charge in [-0.15, -0.1) is 0 Å². The van der Waals surface area contributed by atoms with E-state index < -0.39 is 0 Å². The Morgan fingerprint density at radius 3 is 2.24 bits per heavy atom. The zero-order valence-electron chi connectivity index (χ0n) is 19.4. The van der Waals surface area contributed by atoms with E-state index in [4.69, 9.17) is 23.2 Å². The van der Waals surface area contributed by atoms with Crippen LogP contribution in [0.2, 0.25) is 10.0 Å². The van der Waals surface area contributed by atoms with E-state index in [-0.39, 0.29) is 17.9 Å². The van der Waals surface area contributed by atoms with Gasteiger partial charge in [-0.2, -0.15) is 5.10 Å². The monoisotopic (exact) mass is 491 g/mol. The number of aryl methyl sites for hydroxylation is 2. The number of carbonyl (C=O) groups excluding carboxylic acids is 1. The van der Waals surface area contributed by atoms with Crippen molar-refractivity contribution in [3.05, 3.63) is 111 Å². The fraction of sp³-hybridized carbons (Fsp3) is 0.214. The molecule has 0 saturated heterocycles. The van der Waals surface area contributed by atoms with E-state index in [0.29, 0.717) is 15.6 Å². The van der Waals surface area contributed by atoms with Crippen LogP contribution in [0.15, 0.2) is 72.8 Å². The van der Waals surface area contributed by atoms with Gasteiger partial charge in [0.05, 0.1) is 5.69 Å². The lowest BCUT2D eigenvalue weighted by molar-refractivity contribution is 0.0934. The SMILES string of the molecule is Cc1n[nH]c(C)c1-c1cccc(C(=O)NC(C)C(Cc2ccc(Cl)cc2)c2ccc(Cl)cc2)c1. The van der Waals surface area contributed by atoms with Crippen LogP contribution in [0.3, 0.4) is 0 Å². The highest BCUT2D eigenvalue weighted by Gasteiger charge is 2.23. The van der Waals surface area contributed by atoms with Crippen LogP contribution >= 0.6 is 23.2 Å². The summed E-state index contributed by atoms with van der Waals surface area (Å²) in [6.45, 7) is 5.99. The molecule has 6 heteroatoms. The first-order valence-electron chi connectivity index (χ1n) is 11.2. The predicted octanol–water partition coefficient (Wildman–Crippen LogP) is 7.15. The third kappa shape index (κ3) is 5.52. The van der Waals surface area contributed by atoms with E-state index in [9.17, 15) is 4.79 Å². The largest absolute Gasteiger partial charge is 0.349 e. The summed E-state index contributed by atoms with van der Waals surface area (Å²) in [4.78, 5) is 13.3. The summed E-state index contributed by atoms with van der Waals surface area (Å²) in [7, 11) is 0. The van der Waals surface area contributed by atoms with Gasteiger partial charge in [-0.05, 0) is 80.3 Å². The number of amides is 1. The number of nitrogens with one attached hydrogen (secondary N) is 2. The molecule has 1 heterocycles. The molecule has 0 aliphatic rings. The van der Waals surface area contributed by atoms with Crippen LogP contribution in [0.4, 0.5) is 0 Å². The molecule has 4 nitrogen and oxygen atoms in total. The number of aromatic amines is 1. The average Bonchev–Trinajstić information content (AvgIpc) is 3.17. The van der Waals surface area contributed by atoms with Gasteiger partial charge in [0.15, 0.2) is 0 Å². The number of carbonyl (C=O) groups is 1. The van der Waals surface area contributed by atoms with Crippen molar-refractivity contribution < 1.29 is 4.79 Å². The average molecular weight is 492 g/mol. The summed E-state index contributed by atoms with van der Waals surface area (Å²) >= 11 is 12.2. The fourth-order valence-corrected chi connectivity index (χ4v) is 4.60. The number of hydrogen-bond donors (Lipinski definition) is 2. The summed E-state index contributed by atoms with van der Waals surface area (Å²) in [5.74, 6) is -0.0489. The first-order chi connectivity index (χ1) is 16.3. The zero-order valence-corrected chi connectivity index (χ0v) is 20.9. The minimum atomic E-state index is -0.120. The van der Waals surface area contributed by atoms with Gasteiger partial charge in [0, 0.05) is 38.8 Å². The number of aromatic nitrogens is 2. The van der Waals surface area contributed by atoms with Crippen molar-refractivity contribution in [3.8, 4) is 11.1 Å². The predicted molar refractivity (Wildman–Crippen MR) is 140 cm³/mol. The number of halogens is 2. The lowest BCUT2D eigenvalue weighted by atomic mass is 9.86. The van der Waals surface area contributed by atoms with Crippen molar-refractivity contribution in [2.45, 2.75) is 39.2 Å². The van der Waals surface area contributed by atoms with Crippen molar-refractivity contribution in [3.63, 3.8) is 0 Å². The van der Waals surface area contributed by atoms with E-state index in [1.54, 1.807) is 0 Å². The highest BCUT2D eigenvalue weighted by atomic mass is 35.5. The Morgan fingerprint density at radius 1 is 0.971 bits per heavy atom. The molecular weight excluding hydrogens is 465 g/mol. The minimum Gasteiger partial charge on any atom is -0.349 e.